The highest BCUT2D eigenvalue weighted by atomic mass is 32.2. The lowest BCUT2D eigenvalue weighted by Crippen LogP contribution is -2.12. The SMILES string of the molecule is Cc1ccc(N=Nc2ccc(NCS(=O)(=O)O)cc2)cc1. The molecule has 2 aromatic rings. The fourth-order valence-electron chi connectivity index (χ4n) is 1.55. The summed E-state index contributed by atoms with van der Waals surface area (Å²) < 4.78 is 29.9. The van der Waals surface area contributed by atoms with Crippen molar-refractivity contribution in [3.05, 3.63) is 54.1 Å². The molecule has 0 fully saturated rings. The van der Waals surface area contributed by atoms with E-state index in [0.29, 0.717) is 11.4 Å². The van der Waals surface area contributed by atoms with Gasteiger partial charge in [-0.1, -0.05) is 17.7 Å². The van der Waals surface area contributed by atoms with Crippen molar-refractivity contribution in [3.63, 3.8) is 0 Å². The Morgan fingerprint density at radius 2 is 1.43 bits per heavy atom. The van der Waals surface area contributed by atoms with Crippen molar-refractivity contribution in [2.24, 2.45) is 10.2 Å². The maximum Gasteiger partial charge on any atom is 0.283 e. The molecule has 2 aromatic carbocycles. The van der Waals surface area contributed by atoms with Crippen molar-refractivity contribution in [2.75, 3.05) is 11.2 Å². The summed E-state index contributed by atoms with van der Waals surface area (Å²) in [5, 5.41) is 10.8. The van der Waals surface area contributed by atoms with Gasteiger partial charge in [-0.2, -0.15) is 18.6 Å². The van der Waals surface area contributed by atoms with Crippen molar-refractivity contribution < 1.29 is 13.0 Å². The van der Waals surface area contributed by atoms with E-state index in [2.05, 4.69) is 15.5 Å². The summed E-state index contributed by atoms with van der Waals surface area (Å²) in [6, 6.07) is 14.4. The first-order valence-electron chi connectivity index (χ1n) is 6.20. The summed E-state index contributed by atoms with van der Waals surface area (Å²) in [5.74, 6) is -0.531. The molecule has 0 atom stereocenters. The summed E-state index contributed by atoms with van der Waals surface area (Å²) in [7, 11) is -4.04. The number of hydrogen-bond donors (Lipinski definition) is 2. The zero-order valence-electron chi connectivity index (χ0n) is 11.4. The molecule has 0 aliphatic carbocycles. The van der Waals surface area contributed by atoms with Crippen LogP contribution < -0.4 is 5.32 Å². The van der Waals surface area contributed by atoms with Gasteiger partial charge in [0.05, 0.1) is 11.4 Å². The maximum atomic E-state index is 10.6. The zero-order chi connectivity index (χ0) is 15.3. The Hall–Kier alpha value is -2.25. The van der Waals surface area contributed by atoms with Crippen molar-refractivity contribution in [1.82, 2.24) is 0 Å². The highest BCUT2D eigenvalue weighted by Gasteiger charge is 2.03. The number of aryl methyl sites for hydroxylation is 1. The number of rotatable bonds is 5. The minimum absolute atomic E-state index is 0.531. The number of benzene rings is 2. The first-order chi connectivity index (χ1) is 9.92. The van der Waals surface area contributed by atoms with E-state index >= 15 is 0 Å². The minimum Gasteiger partial charge on any atom is -0.370 e. The summed E-state index contributed by atoms with van der Waals surface area (Å²) in [5.41, 5.74) is 3.13. The molecule has 0 saturated heterocycles. The average molecular weight is 305 g/mol. The Balaban J connectivity index is 2.00. The molecule has 6 nitrogen and oxygen atoms in total. The maximum absolute atomic E-state index is 10.6. The zero-order valence-corrected chi connectivity index (χ0v) is 12.2. The van der Waals surface area contributed by atoms with Gasteiger partial charge in [0.15, 0.2) is 0 Å². The molecule has 7 heteroatoms. The first-order valence-corrected chi connectivity index (χ1v) is 7.81. The fraction of sp³-hybridized carbons (Fsp3) is 0.143. The van der Waals surface area contributed by atoms with Gasteiger partial charge in [0.1, 0.15) is 5.88 Å². The van der Waals surface area contributed by atoms with Crippen LogP contribution in [0.5, 0.6) is 0 Å². The highest BCUT2D eigenvalue weighted by Crippen LogP contribution is 2.20. The van der Waals surface area contributed by atoms with Gasteiger partial charge in [-0.15, -0.1) is 0 Å². The molecule has 0 aliphatic heterocycles. The van der Waals surface area contributed by atoms with Crippen LogP contribution in [-0.2, 0) is 10.1 Å². The lowest BCUT2D eigenvalue weighted by atomic mass is 10.2. The molecule has 0 amide bonds. The molecule has 2 rings (SSSR count). The monoisotopic (exact) mass is 305 g/mol. The third-order valence-corrected chi connectivity index (χ3v) is 3.15. The number of nitrogens with zero attached hydrogens (tertiary/aromatic N) is 2. The molecule has 0 bridgehead atoms. The lowest BCUT2D eigenvalue weighted by molar-refractivity contribution is 0.485. The van der Waals surface area contributed by atoms with Crippen LogP contribution in [0.2, 0.25) is 0 Å². The van der Waals surface area contributed by atoms with Crippen LogP contribution in [-0.4, -0.2) is 18.8 Å². The smallest absolute Gasteiger partial charge is 0.283 e. The molecule has 0 saturated carbocycles. The van der Waals surface area contributed by atoms with Crippen LogP contribution in [0, 0.1) is 6.92 Å². The molecule has 2 N–H and O–H groups in total. The van der Waals surface area contributed by atoms with Crippen molar-refractivity contribution >= 4 is 27.2 Å². The van der Waals surface area contributed by atoms with Crippen LogP contribution in [0.1, 0.15) is 5.56 Å². The lowest BCUT2D eigenvalue weighted by Gasteiger charge is -2.03. The molecule has 0 aliphatic rings. The normalized spacial score (nSPS) is 11.7. The Morgan fingerprint density at radius 1 is 0.952 bits per heavy atom. The number of nitrogens with one attached hydrogen (secondary N) is 1. The summed E-state index contributed by atoms with van der Waals surface area (Å²) >= 11 is 0. The molecular formula is C14H15N3O3S. The summed E-state index contributed by atoms with van der Waals surface area (Å²) in [6.07, 6.45) is 0. The number of azo groups is 1. The quantitative estimate of drug-likeness (QED) is 0.651. The van der Waals surface area contributed by atoms with Gasteiger partial charge < -0.3 is 5.32 Å². The molecule has 0 radical (unpaired) electrons. The van der Waals surface area contributed by atoms with Crippen LogP contribution >= 0.6 is 0 Å². The Bertz CT molecular complexity index is 723. The van der Waals surface area contributed by atoms with Gasteiger partial charge in [-0.05, 0) is 43.3 Å². The van der Waals surface area contributed by atoms with Crippen LogP contribution in [0.25, 0.3) is 0 Å². The van der Waals surface area contributed by atoms with Crippen LogP contribution in [0.15, 0.2) is 58.8 Å². The van der Waals surface area contributed by atoms with E-state index in [4.69, 9.17) is 4.55 Å². The number of hydrogen-bond acceptors (Lipinski definition) is 5. The second kappa shape index (κ2) is 6.47. The van der Waals surface area contributed by atoms with E-state index < -0.39 is 16.0 Å². The Labute approximate surface area is 123 Å². The van der Waals surface area contributed by atoms with Gasteiger partial charge in [-0.25, -0.2) is 0 Å². The predicted octanol–water partition coefficient (Wildman–Crippen LogP) is 3.67. The molecule has 110 valence electrons. The molecule has 0 heterocycles. The van der Waals surface area contributed by atoms with Gasteiger partial charge in [0.25, 0.3) is 10.1 Å². The molecule has 21 heavy (non-hydrogen) atoms. The van der Waals surface area contributed by atoms with Crippen LogP contribution in [0.4, 0.5) is 17.1 Å². The molecule has 0 spiro atoms. The number of anilines is 1. The second-order valence-corrected chi connectivity index (χ2v) is 5.94. The van der Waals surface area contributed by atoms with Crippen molar-refractivity contribution in [2.45, 2.75) is 6.92 Å². The average Bonchev–Trinajstić information content (AvgIpc) is 2.45. The topological polar surface area (TPSA) is 91.1 Å². The van der Waals surface area contributed by atoms with E-state index in [-0.39, 0.29) is 0 Å². The van der Waals surface area contributed by atoms with Crippen LogP contribution in [0.3, 0.4) is 0 Å². The van der Waals surface area contributed by atoms with Crippen molar-refractivity contribution in [1.29, 1.82) is 0 Å². The van der Waals surface area contributed by atoms with Gasteiger partial charge in [-0.3, -0.25) is 4.55 Å². The fourth-order valence-corrected chi connectivity index (χ4v) is 1.90. The Kier molecular flexibility index (Phi) is 4.66. The summed E-state index contributed by atoms with van der Waals surface area (Å²) in [4.78, 5) is 0. The van der Waals surface area contributed by atoms with E-state index in [9.17, 15) is 8.42 Å². The minimum atomic E-state index is -4.04. The van der Waals surface area contributed by atoms with Gasteiger partial charge in [0, 0.05) is 5.69 Å². The molecule has 0 unspecified atom stereocenters. The standard InChI is InChI=1S/C14H15N3O3S/c1-11-2-4-13(5-3-11)16-17-14-8-6-12(7-9-14)15-10-21(18,19)20/h2-9,15H,10H2,1H3,(H,18,19,20). The molecular weight excluding hydrogens is 290 g/mol. The summed E-state index contributed by atoms with van der Waals surface area (Å²) in [6.45, 7) is 2.00. The van der Waals surface area contributed by atoms with E-state index in [1.165, 1.54) is 0 Å². The largest absolute Gasteiger partial charge is 0.370 e. The predicted molar refractivity (Wildman–Crippen MR) is 81.8 cm³/mol. The third kappa shape index (κ3) is 5.33. The van der Waals surface area contributed by atoms with Gasteiger partial charge in [0.2, 0.25) is 0 Å². The van der Waals surface area contributed by atoms with E-state index in [1.54, 1.807) is 24.3 Å². The van der Waals surface area contributed by atoms with E-state index in [0.717, 1.165) is 11.3 Å². The first kappa shape index (κ1) is 15.1. The Morgan fingerprint density at radius 3 is 1.90 bits per heavy atom. The highest BCUT2D eigenvalue weighted by molar-refractivity contribution is 7.85. The van der Waals surface area contributed by atoms with Gasteiger partial charge >= 0.3 is 0 Å². The second-order valence-electron chi connectivity index (χ2n) is 4.49. The van der Waals surface area contributed by atoms with E-state index in [1.807, 2.05) is 31.2 Å². The molecule has 0 aromatic heterocycles. The van der Waals surface area contributed by atoms with Crippen molar-refractivity contribution in [3.8, 4) is 0 Å². The third-order valence-electron chi connectivity index (χ3n) is 2.64.